The lowest BCUT2D eigenvalue weighted by Crippen LogP contribution is -2.54. The number of nitriles is 1. The molecule has 4 aliphatic heterocycles. The Kier molecular flexibility index (Phi) is 24.7. The Morgan fingerprint density at radius 2 is 1.33 bits per heavy atom. The molecule has 6 aliphatic rings. The van der Waals surface area contributed by atoms with Crippen LogP contribution < -0.4 is 30.1 Å². The highest BCUT2D eigenvalue weighted by Crippen LogP contribution is 2.46. The molecule has 4 saturated heterocycles. The van der Waals surface area contributed by atoms with Crippen molar-refractivity contribution in [3.8, 4) is 17.6 Å². The van der Waals surface area contributed by atoms with Crippen molar-refractivity contribution in [2.45, 2.75) is 137 Å². The van der Waals surface area contributed by atoms with E-state index in [9.17, 15) is 31.7 Å². The van der Waals surface area contributed by atoms with Gasteiger partial charge in [0, 0.05) is 107 Å². The summed E-state index contributed by atoms with van der Waals surface area (Å²) in [5, 5.41) is 20.1. The number of carbonyl (C=O) groups excluding carboxylic acids is 2. The van der Waals surface area contributed by atoms with Crippen LogP contribution >= 0.6 is 23.2 Å². The second-order valence-corrected chi connectivity index (χ2v) is 30.5. The molecule has 0 spiro atoms. The first kappa shape index (κ1) is 69.4. The summed E-state index contributed by atoms with van der Waals surface area (Å²) >= 11 is 13.0. The van der Waals surface area contributed by atoms with E-state index in [-0.39, 0.29) is 63.6 Å². The molecule has 498 valence electrons. The first-order valence-electron chi connectivity index (χ1n) is 33.0. The molecule has 0 bridgehead atoms. The van der Waals surface area contributed by atoms with E-state index in [0.717, 1.165) is 100 Å². The van der Waals surface area contributed by atoms with Crippen LogP contribution in [0.25, 0.3) is 4.85 Å². The molecule has 8 atom stereocenters. The number of Topliss-reactive ketones (excluding diaryl/α,β-unsaturated/α-hetero) is 1. The van der Waals surface area contributed by atoms with Crippen molar-refractivity contribution in [2.75, 3.05) is 117 Å². The molecule has 4 aromatic carbocycles. The number of carbonyl (C=O) groups is 2. The lowest BCUT2D eigenvalue weighted by molar-refractivity contribution is -0.119. The summed E-state index contributed by atoms with van der Waals surface area (Å²) in [4.78, 5) is 38.4. The monoisotopic (exact) mass is 1340 g/mol. The summed E-state index contributed by atoms with van der Waals surface area (Å²) in [7, 11) is -7.34. The van der Waals surface area contributed by atoms with E-state index in [1.54, 1.807) is 60.7 Å². The van der Waals surface area contributed by atoms with E-state index in [0.29, 0.717) is 149 Å². The van der Waals surface area contributed by atoms with Crippen LogP contribution in [-0.4, -0.2) is 190 Å². The molecule has 4 heterocycles. The molecule has 92 heavy (non-hydrogen) atoms. The highest BCUT2D eigenvalue weighted by Gasteiger charge is 2.43. The molecular weight excluding hydrogens is 1250 g/mol. The van der Waals surface area contributed by atoms with Gasteiger partial charge in [0.15, 0.2) is 15.5 Å². The Bertz CT molecular complexity index is 3260. The number of urea groups is 1. The number of fused-ring (bicyclic) bond motifs is 2. The highest BCUT2D eigenvalue weighted by molar-refractivity contribution is 7.91. The highest BCUT2D eigenvalue weighted by atomic mass is 35.5. The van der Waals surface area contributed by atoms with E-state index in [4.69, 9.17) is 48.7 Å². The van der Waals surface area contributed by atoms with Gasteiger partial charge in [0.05, 0.1) is 65.7 Å². The number of nitrogens with zero attached hydrogens (tertiary/aromatic N) is 6. The van der Waals surface area contributed by atoms with Crippen LogP contribution in [-0.2, 0) is 47.0 Å². The van der Waals surface area contributed by atoms with Crippen molar-refractivity contribution in [3.05, 3.63) is 122 Å². The standard InChI is InChI=1S/C68H90Cl2N10O10S2/c1-47-9-7-25-79(42-47)65-40-60-62(37-52(70)38-63(60)72-3)67(65)90-55-12-16-57(17-13-55)91(83,84)46-49-20-26-77(44-49)29-34-88-32-24-75-68(82)74-22-6-4-5-10-54(81)11-8-31-87-33-30-78-27-21-53(45-78)76-92(85,86)58-18-14-56(15-19-58)89-66-61-36-51(69)35-50(41-71)59(61)39-64(66)80-28-23-73-48(2)43-80/h12-19,35-38,47-49,53,64-67,73,76H,4-11,20-34,39-40,42-46H2,1-2H3,(H2,74,75,82)/t47-,48+,49-,53-,64+,65+,66+,67+/m1/s1. The average molecular weight is 1340 g/mol. The number of likely N-dealkylation sites (tertiary alicyclic amines) is 3. The molecular formula is C68H90Cl2N10O10S2. The number of hydrogen-bond acceptors (Lipinski definition) is 16. The molecule has 0 saturated carbocycles. The maximum atomic E-state index is 13.6. The van der Waals surface area contributed by atoms with Gasteiger partial charge >= 0.3 is 6.03 Å². The lowest BCUT2D eigenvalue weighted by Gasteiger charge is -2.38. The molecule has 4 aromatic rings. The van der Waals surface area contributed by atoms with E-state index < -0.39 is 19.9 Å². The third-order valence-corrected chi connectivity index (χ3v) is 22.8. The van der Waals surface area contributed by atoms with Gasteiger partial charge in [-0.05, 0) is 191 Å². The lowest BCUT2D eigenvalue weighted by atomic mass is 9.97. The summed E-state index contributed by atoms with van der Waals surface area (Å²) in [5.41, 5.74) is 4.86. The van der Waals surface area contributed by atoms with Crippen LogP contribution in [0.3, 0.4) is 0 Å². The van der Waals surface area contributed by atoms with Gasteiger partial charge in [-0.15, -0.1) is 0 Å². The molecule has 2 amide bonds. The van der Waals surface area contributed by atoms with Gasteiger partial charge in [0.1, 0.15) is 29.5 Å². The van der Waals surface area contributed by atoms with Crippen molar-refractivity contribution < 1.29 is 45.4 Å². The van der Waals surface area contributed by atoms with E-state index in [2.05, 4.69) is 65.0 Å². The van der Waals surface area contributed by atoms with Crippen molar-refractivity contribution >= 4 is 60.6 Å². The number of ketones is 1. The van der Waals surface area contributed by atoms with Gasteiger partial charge in [-0.25, -0.2) is 31.2 Å². The van der Waals surface area contributed by atoms with E-state index >= 15 is 0 Å². The first-order valence-corrected chi connectivity index (χ1v) is 36.9. The van der Waals surface area contributed by atoms with Gasteiger partial charge in [-0.2, -0.15) is 5.26 Å². The van der Waals surface area contributed by atoms with Crippen LogP contribution in [0, 0.1) is 29.7 Å². The molecule has 0 unspecified atom stereocenters. The zero-order chi connectivity index (χ0) is 64.8. The van der Waals surface area contributed by atoms with Gasteiger partial charge in [0.25, 0.3) is 0 Å². The smallest absolute Gasteiger partial charge is 0.314 e. The summed E-state index contributed by atoms with van der Waals surface area (Å²) in [5.74, 6) is 1.94. The number of rotatable bonds is 31. The Morgan fingerprint density at radius 1 is 0.696 bits per heavy atom. The molecule has 20 nitrogen and oxygen atoms in total. The minimum Gasteiger partial charge on any atom is -0.484 e. The van der Waals surface area contributed by atoms with Crippen LogP contribution in [0.4, 0.5) is 10.5 Å². The number of sulfonamides is 1. The number of piperidine rings is 1. The Hall–Kier alpha value is -5.44. The van der Waals surface area contributed by atoms with Crippen LogP contribution in [0.5, 0.6) is 11.5 Å². The Labute approximate surface area is 554 Å². The summed E-state index contributed by atoms with van der Waals surface area (Å²) in [6.45, 7) is 23.4. The number of nitrogens with one attached hydrogen (secondary N) is 4. The largest absolute Gasteiger partial charge is 0.484 e. The average Bonchev–Trinajstić information content (AvgIpc) is 1.63. The minimum atomic E-state index is -3.79. The number of unbranched alkanes of at least 4 members (excludes halogenated alkanes) is 2. The Balaban J connectivity index is 0.525. The number of benzene rings is 4. The number of amides is 2. The number of ether oxygens (including phenoxy) is 4. The molecule has 2 aliphatic carbocycles. The maximum Gasteiger partial charge on any atom is 0.314 e. The fourth-order valence-corrected chi connectivity index (χ4v) is 17.6. The van der Waals surface area contributed by atoms with Crippen molar-refractivity contribution in [3.63, 3.8) is 0 Å². The first-order chi connectivity index (χ1) is 44.4. The molecule has 4 N–H and O–H groups in total. The second-order valence-electron chi connectivity index (χ2n) is 25.9. The minimum absolute atomic E-state index is 0.00268. The number of halogens is 2. The van der Waals surface area contributed by atoms with Gasteiger partial charge < -0.3 is 39.8 Å². The van der Waals surface area contributed by atoms with Crippen LogP contribution in [0.1, 0.15) is 118 Å². The predicted molar refractivity (Wildman–Crippen MR) is 355 cm³/mol. The zero-order valence-electron chi connectivity index (χ0n) is 53.1. The van der Waals surface area contributed by atoms with Gasteiger partial charge in [0.2, 0.25) is 10.0 Å². The fraction of sp³-hybridized carbons (Fsp3) is 0.588. The fourth-order valence-electron chi connectivity index (χ4n) is 14.2. The summed E-state index contributed by atoms with van der Waals surface area (Å²) < 4.78 is 82.1. The summed E-state index contributed by atoms with van der Waals surface area (Å²) in [6, 6.07) is 22.7. The van der Waals surface area contributed by atoms with Crippen molar-refractivity contribution in [2.24, 2.45) is 11.8 Å². The normalized spacial score (nSPS) is 23.8. The maximum absolute atomic E-state index is 13.6. The zero-order valence-corrected chi connectivity index (χ0v) is 56.2. The number of sulfone groups is 1. The van der Waals surface area contributed by atoms with Gasteiger partial charge in [-0.3, -0.25) is 19.5 Å². The van der Waals surface area contributed by atoms with Crippen LogP contribution in [0.15, 0.2) is 82.6 Å². The molecule has 0 radical (unpaired) electrons. The quantitative estimate of drug-likeness (QED) is 0.0272. The third kappa shape index (κ3) is 18.7. The second kappa shape index (κ2) is 32.8. The molecule has 24 heteroatoms. The third-order valence-electron chi connectivity index (χ3n) is 18.9. The van der Waals surface area contributed by atoms with E-state index in [1.807, 2.05) is 12.1 Å². The van der Waals surface area contributed by atoms with Crippen molar-refractivity contribution in [1.82, 2.24) is 40.3 Å². The molecule has 0 aromatic heterocycles. The van der Waals surface area contributed by atoms with Gasteiger partial charge in [-0.1, -0.05) is 36.5 Å². The summed E-state index contributed by atoms with van der Waals surface area (Å²) in [6.07, 6.45) is 8.33. The number of hydrogen-bond donors (Lipinski definition) is 4. The SMILES string of the molecule is [C-]#[N+]c1cc(Cl)cc2c1C[C@H](N1CCC[C@@H](C)C1)[C@H]2Oc1ccc(S(=O)(=O)C[C@@H]2CCN(CCOCCNC(=O)NCCCCCC(=O)CCCOCCN3CC[C@@H](NS(=O)(=O)c4ccc(O[C@H]5c6cc(Cl)cc(C#N)c6C[C@@H]5N5CCN[C@@H](C)C5)cc4)C3)C2)cc1. The van der Waals surface area contributed by atoms with E-state index in [1.165, 1.54) is 6.42 Å². The van der Waals surface area contributed by atoms with Crippen LogP contribution in [0.2, 0.25) is 10.0 Å². The molecule has 4 fully saturated rings. The topological polar surface area (TPSA) is 229 Å². The Morgan fingerprint density at radius 3 is 2.02 bits per heavy atom. The number of piperazine rings is 1. The van der Waals surface area contributed by atoms with Crippen molar-refractivity contribution in [1.29, 1.82) is 5.26 Å². The molecule has 10 rings (SSSR count). The predicted octanol–water partition coefficient (Wildman–Crippen LogP) is 8.92.